The molecule has 0 saturated carbocycles. The summed E-state index contributed by atoms with van der Waals surface area (Å²) in [5.41, 5.74) is 2.24. The Morgan fingerprint density at radius 1 is 1.16 bits per heavy atom. The van der Waals surface area contributed by atoms with Gasteiger partial charge in [-0.2, -0.15) is 0 Å². The van der Waals surface area contributed by atoms with Crippen LogP contribution in [0.15, 0.2) is 12.1 Å². The van der Waals surface area contributed by atoms with Crippen LogP contribution in [0.5, 0.6) is 11.5 Å². The molecule has 1 heterocycles. The second kappa shape index (κ2) is 6.31. The summed E-state index contributed by atoms with van der Waals surface area (Å²) in [5.74, 6) is 1.91. The summed E-state index contributed by atoms with van der Waals surface area (Å²) < 4.78 is 6.10. The average Bonchev–Trinajstić information content (AvgIpc) is 2.74. The number of benzene rings is 1. The van der Waals surface area contributed by atoms with Crippen LogP contribution in [0.2, 0.25) is 0 Å². The monoisotopic (exact) mass is 262 g/mol. The number of unbranched alkanes of at least 4 members (excludes halogenated alkanes) is 1. The second-order valence-corrected chi connectivity index (χ2v) is 5.58. The minimum absolute atomic E-state index is 0.290. The summed E-state index contributed by atoms with van der Waals surface area (Å²) in [6.45, 7) is 6.54. The molecule has 2 rings (SSSR count). The number of rotatable bonds is 6. The zero-order chi connectivity index (χ0) is 13.8. The quantitative estimate of drug-likeness (QED) is 0.798. The lowest BCUT2D eigenvalue weighted by molar-refractivity contribution is 0.194. The highest BCUT2D eigenvalue weighted by Crippen LogP contribution is 2.45. The maximum absolute atomic E-state index is 10.2. The molecule has 1 N–H and O–H groups in total. The molecule has 1 aliphatic heterocycles. The van der Waals surface area contributed by atoms with E-state index < -0.39 is 0 Å². The van der Waals surface area contributed by atoms with Gasteiger partial charge in [0.25, 0.3) is 0 Å². The third-order valence-corrected chi connectivity index (χ3v) is 4.13. The molecule has 0 spiro atoms. The van der Waals surface area contributed by atoms with E-state index in [1.807, 2.05) is 6.07 Å². The number of phenols is 1. The molecule has 1 aromatic carbocycles. The van der Waals surface area contributed by atoms with Gasteiger partial charge < -0.3 is 9.84 Å². The Balaban J connectivity index is 2.28. The van der Waals surface area contributed by atoms with E-state index in [0.717, 1.165) is 37.0 Å². The fourth-order valence-corrected chi connectivity index (χ4v) is 3.07. The van der Waals surface area contributed by atoms with Gasteiger partial charge in [-0.15, -0.1) is 0 Å². The Bertz CT molecular complexity index is 426. The molecule has 19 heavy (non-hydrogen) atoms. The van der Waals surface area contributed by atoms with Gasteiger partial charge in [0, 0.05) is 11.5 Å². The molecule has 0 aliphatic carbocycles. The summed E-state index contributed by atoms with van der Waals surface area (Å²) in [4.78, 5) is 0. The Kier molecular flexibility index (Phi) is 4.73. The molecule has 0 radical (unpaired) electrons. The van der Waals surface area contributed by atoms with Gasteiger partial charge in [-0.3, -0.25) is 0 Å². The first-order chi connectivity index (χ1) is 9.21. The van der Waals surface area contributed by atoms with Gasteiger partial charge in [0.2, 0.25) is 0 Å². The third kappa shape index (κ3) is 2.88. The Morgan fingerprint density at radius 2 is 1.95 bits per heavy atom. The van der Waals surface area contributed by atoms with Crippen molar-refractivity contribution in [2.24, 2.45) is 0 Å². The molecular weight excluding hydrogens is 236 g/mol. The van der Waals surface area contributed by atoms with Crippen molar-refractivity contribution in [1.29, 1.82) is 0 Å². The molecule has 1 aliphatic rings. The lowest BCUT2D eigenvalue weighted by atomic mass is 9.88. The van der Waals surface area contributed by atoms with Crippen molar-refractivity contribution in [2.75, 3.05) is 0 Å². The standard InChI is InChI=1S/C17H26O2/c1-4-7-9-13-14-11-15(18)12(8-5-2)10-17(14)19-16(13)6-3/h10-11,13,16,18H,4-9H2,1-3H3/t13-,16+/m1/s1. The number of ether oxygens (including phenoxy) is 1. The number of hydrogen-bond acceptors (Lipinski definition) is 2. The van der Waals surface area contributed by atoms with E-state index in [1.54, 1.807) is 0 Å². The van der Waals surface area contributed by atoms with Gasteiger partial charge in [0.05, 0.1) is 0 Å². The smallest absolute Gasteiger partial charge is 0.123 e. The van der Waals surface area contributed by atoms with Gasteiger partial charge in [-0.25, -0.2) is 0 Å². The third-order valence-electron chi connectivity index (χ3n) is 4.13. The van der Waals surface area contributed by atoms with Crippen LogP contribution in [0.4, 0.5) is 0 Å². The summed E-state index contributed by atoms with van der Waals surface area (Å²) in [7, 11) is 0. The minimum Gasteiger partial charge on any atom is -0.508 e. The highest BCUT2D eigenvalue weighted by molar-refractivity contribution is 5.50. The fraction of sp³-hybridized carbons (Fsp3) is 0.647. The zero-order valence-corrected chi connectivity index (χ0v) is 12.4. The van der Waals surface area contributed by atoms with Crippen molar-refractivity contribution >= 4 is 0 Å². The van der Waals surface area contributed by atoms with E-state index in [1.165, 1.54) is 18.4 Å². The first-order valence-electron chi connectivity index (χ1n) is 7.73. The van der Waals surface area contributed by atoms with Gasteiger partial charge in [-0.1, -0.05) is 40.0 Å². The highest BCUT2D eigenvalue weighted by atomic mass is 16.5. The van der Waals surface area contributed by atoms with Crippen LogP contribution in [0.25, 0.3) is 0 Å². The molecule has 106 valence electrons. The van der Waals surface area contributed by atoms with Gasteiger partial charge in [-0.05, 0) is 37.0 Å². The topological polar surface area (TPSA) is 29.5 Å². The van der Waals surface area contributed by atoms with Gasteiger partial charge >= 0.3 is 0 Å². The van der Waals surface area contributed by atoms with Crippen LogP contribution in [0.3, 0.4) is 0 Å². The van der Waals surface area contributed by atoms with E-state index in [-0.39, 0.29) is 6.10 Å². The van der Waals surface area contributed by atoms with Crippen molar-refractivity contribution in [3.05, 3.63) is 23.3 Å². The Morgan fingerprint density at radius 3 is 2.58 bits per heavy atom. The summed E-state index contributed by atoms with van der Waals surface area (Å²) >= 11 is 0. The normalized spacial score (nSPS) is 21.2. The molecule has 0 saturated heterocycles. The number of aromatic hydroxyl groups is 1. The predicted molar refractivity (Wildman–Crippen MR) is 79.1 cm³/mol. The molecule has 0 amide bonds. The minimum atomic E-state index is 0.290. The fourth-order valence-electron chi connectivity index (χ4n) is 3.07. The lowest BCUT2D eigenvalue weighted by Crippen LogP contribution is -2.17. The van der Waals surface area contributed by atoms with Crippen molar-refractivity contribution in [3.63, 3.8) is 0 Å². The second-order valence-electron chi connectivity index (χ2n) is 5.58. The van der Waals surface area contributed by atoms with E-state index in [4.69, 9.17) is 4.74 Å². The number of hydrogen-bond donors (Lipinski definition) is 1. The van der Waals surface area contributed by atoms with E-state index in [2.05, 4.69) is 26.8 Å². The Labute approximate surface area is 116 Å². The molecule has 0 aromatic heterocycles. The molecule has 0 unspecified atom stereocenters. The van der Waals surface area contributed by atoms with Crippen molar-refractivity contribution in [2.45, 2.75) is 71.3 Å². The van der Waals surface area contributed by atoms with Crippen LogP contribution in [-0.4, -0.2) is 11.2 Å². The van der Waals surface area contributed by atoms with Crippen LogP contribution in [0, 0.1) is 0 Å². The van der Waals surface area contributed by atoms with Crippen LogP contribution < -0.4 is 4.74 Å². The van der Waals surface area contributed by atoms with Crippen LogP contribution in [-0.2, 0) is 6.42 Å². The van der Waals surface area contributed by atoms with Crippen molar-refractivity contribution in [3.8, 4) is 11.5 Å². The van der Waals surface area contributed by atoms with E-state index in [0.29, 0.717) is 11.7 Å². The molecule has 1 aromatic rings. The first kappa shape index (κ1) is 14.2. The SMILES string of the molecule is CCCC[C@@H]1c2cc(O)c(CCC)cc2O[C@H]1CC. The van der Waals surface area contributed by atoms with Gasteiger partial charge in [0.1, 0.15) is 17.6 Å². The summed E-state index contributed by atoms with van der Waals surface area (Å²) in [5, 5.41) is 10.2. The lowest BCUT2D eigenvalue weighted by Gasteiger charge is -2.17. The summed E-state index contributed by atoms with van der Waals surface area (Å²) in [6.07, 6.45) is 6.88. The number of aryl methyl sites for hydroxylation is 1. The molecule has 2 atom stereocenters. The van der Waals surface area contributed by atoms with Crippen LogP contribution in [0.1, 0.15) is 69.9 Å². The zero-order valence-electron chi connectivity index (χ0n) is 12.4. The maximum atomic E-state index is 10.2. The molecule has 0 fully saturated rings. The van der Waals surface area contributed by atoms with Gasteiger partial charge in [0.15, 0.2) is 0 Å². The predicted octanol–water partition coefficient (Wildman–Crippen LogP) is 4.79. The average molecular weight is 262 g/mol. The number of fused-ring (bicyclic) bond motifs is 1. The summed E-state index contributed by atoms with van der Waals surface area (Å²) in [6, 6.07) is 4.01. The Hall–Kier alpha value is -1.18. The number of phenolic OH excluding ortho intramolecular Hbond substituents is 1. The molecular formula is C17H26O2. The molecule has 0 bridgehead atoms. The van der Waals surface area contributed by atoms with Crippen molar-refractivity contribution < 1.29 is 9.84 Å². The molecule has 2 heteroatoms. The van der Waals surface area contributed by atoms with E-state index >= 15 is 0 Å². The van der Waals surface area contributed by atoms with E-state index in [9.17, 15) is 5.11 Å². The molecule has 2 nitrogen and oxygen atoms in total. The van der Waals surface area contributed by atoms with Crippen molar-refractivity contribution in [1.82, 2.24) is 0 Å². The maximum Gasteiger partial charge on any atom is 0.123 e. The largest absolute Gasteiger partial charge is 0.508 e. The van der Waals surface area contributed by atoms with Crippen LogP contribution >= 0.6 is 0 Å². The highest BCUT2D eigenvalue weighted by Gasteiger charge is 2.33. The first-order valence-corrected chi connectivity index (χ1v) is 7.73.